The Hall–Kier alpha value is -2.01. The molecule has 2 aromatic carbocycles. The third-order valence-corrected chi connectivity index (χ3v) is 3.15. The fourth-order valence-electron chi connectivity index (χ4n) is 1.77. The van der Waals surface area contributed by atoms with E-state index in [1.165, 1.54) is 0 Å². The smallest absolute Gasteiger partial charge is 0.322 e. The van der Waals surface area contributed by atoms with Crippen molar-refractivity contribution in [1.82, 2.24) is 0 Å². The summed E-state index contributed by atoms with van der Waals surface area (Å²) in [5, 5.41) is 3.17. The zero-order valence-electron chi connectivity index (χ0n) is 11.0. The van der Waals surface area contributed by atoms with Crippen molar-refractivity contribution >= 4 is 23.2 Å². The van der Waals surface area contributed by atoms with E-state index in [1.54, 1.807) is 25.1 Å². The zero-order chi connectivity index (χ0) is 15.6. The predicted molar refractivity (Wildman–Crippen MR) is 75.6 cm³/mol. The maximum absolute atomic E-state index is 12.4. The summed E-state index contributed by atoms with van der Waals surface area (Å²) in [6, 6.07) is 8.99. The van der Waals surface area contributed by atoms with Gasteiger partial charge in [0, 0.05) is 16.3 Å². The van der Waals surface area contributed by atoms with Crippen molar-refractivity contribution in [2.75, 3.05) is 5.32 Å². The summed E-state index contributed by atoms with van der Waals surface area (Å²) in [7, 11) is 0. The molecule has 0 saturated heterocycles. The summed E-state index contributed by atoms with van der Waals surface area (Å²) in [5.74, 6) is -0.478. The highest BCUT2D eigenvalue weighted by Crippen LogP contribution is 2.29. The van der Waals surface area contributed by atoms with E-state index in [2.05, 4.69) is 5.32 Å². The van der Waals surface area contributed by atoms with Gasteiger partial charge in [-0.05, 0) is 55.0 Å². The molecule has 0 atom stereocenters. The summed E-state index contributed by atoms with van der Waals surface area (Å²) in [5.41, 5.74) is 0.686. The summed E-state index contributed by atoms with van der Waals surface area (Å²) in [4.78, 5) is 12.0. The molecule has 0 radical (unpaired) electrons. The van der Waals surface area contributed by atoms with Crippen molar-refractivity contribution in [2.24, 2.45) is 0 Å². The number of amides is 1. The molecule has 0 spiro atoms. The number of halogens is 4. The average molecular weight is 314 g/mol. The summed E-state index contributed by atoms with van der Waals surface area (Å²) >= 11 is 5.81. The second-order valence-electron chi connectivity index (χ2n) is 4.49. The molecule has 6 heteroatoms. The third-order valence-electron chi connectivity index (χ3n) is 2.91. The van der Waals surface area contributed by atoms with Crippen molar-refractivity contribution in [1.29, 1.82) is 0 Å². The van der Waals surface area contributed by atoms with E-state index < -0.39 is 17.6 Å². The molecule has 2 nitrogen and oxygen atoms in total. The lowest BCUT2D eigenvalue weighted by Gasteiger charge is -2.10. The van der Waals surface area contributed by atoms with Crippen molar-refractivity contribution in [3.8, 4) is 0 Å². The number of hydrogen-bond donors (Lipinski definition) is 1. The van der Waals surface area contributed by atoms with Crippen molar-refractivity contribution in [3.05, 3.63) is 64.2 Å². The van der Waals surface area contributed by atoms with Crippen LogP contribution < -0.4 is 5.32 Å². The minimum atomic E-state index is -4.41. The van der Waals surface area contributed by atoms with Crippen LogP contribution in [0.2, 0.25) is 5.02 Å². The molecule has 0 saturated carbocycles. The Morgan fingerprint density at radius 1 is 1.10 bits per heavy atom. The number of benzene rings is 2. The van der Waals surface area contributed by atoms with Gasteiger partial charge in [-0.1, -0.05) is 11.6 Å². The molecule has 0 bridgehead atoms. The van der Waals surface area contributed by atoms with Crippen LogP contribution in [0.1, 0.15) is 21.5 Å². The van der Waals surface area contributed by atoms with Crippen molar-refractivity contribution < 1.29 is 18.0 Å². The Bertz CT molecular complexity index is 666. The Labute approximate surface area is 124 Å². The molecule has 0 heterocycles. The largest absolute Gasteiger partial charge is 0.416 e. The highest BCUT2D eigenvalue weighted by atomic mass is 35.5. The van der Waals surface area contributed by atoms with Gasteiger partial charge in [0.1, 0.15) is 0 Å². The number of hydrogen-bond acceptors (Lipinski definition) is 1. The van der Waals surface area contributed by atoms with E-state index in [9.17, 15) is 18.0 Å². The minimum Gasteiger partial charge on any atom is -0.322 e. The molecule has 0 aliphatic carbocycles. The van der Waals surface area contributed by atoms with Gasteiger partial charge in [-0.25, -0.2) is 0 Å². The number of carbonyl (C=O) groups excluding carboxylic acids is 1. The Balaban J connectivity index is 2.17. The van der Waals surface area contributed by atoms with E-state index in [-0.39, 0.29) is 5.56 Å². The van der Waals surface area contributed by atoms with Crippen LogP contribution in [-0.2, 0) is 6.18 Å². The molecular weight excluding hydrogens is 303 g/mol. The van der Waals surface area contributed by atoms with Gasteiger partial charge in [0.2, 0.25) is 0 Å². The van der Waals surface area contributed by atoms with Gasteiger partial charge in [0.15, 0.2) is 0 Å². The number of aryl methyl sites for hydroxylation is 1. The van der Waals surface area contributed by atoms with E-state index >= 15 is 0 Å². The lowest BCUT2D eigenvalue weighted by atomic mass is 10.1. The zero-order valence-corrected chi connectivity index (χ0v) is 11.7. The van der Waals surface area contributed by atoms with Crippen LogP contribution in [-0.4, -0.2) is 5.91 Å². The lowest BCUT2D eigenvalue weighted by molar-refractivity contribution is -0.137. The van der Waals surface area contributed by atoms with E-state index in [0.29, 0.717) is 10.7 Å². The van der Waals surface area contributed by atoms with E-state index in [1.807, 2.05) is 0 Å². The van der Waals surface area contributed by atoms with Gasteiger partial charge in [0.05, 0.1) is 5.56 Å². The van der Waals surface area contributed by atoms with Crippen LogP contribution in [0.25, 0.3) is 0 Å². The van der Waals surface area contributed by atoms with Gasteiger partial charge in [0.25, 0.3) is 5.91 Å². The summed E-state index contributed by atoms with van der Waals surface area (Å²) < 4.78 is 37.3. The number of nitrogens with one attached hydrogen (secondary N) is 1. The van der Waals surface area contributed by atoms with Gasteiger partial charge in [-0.15, -0.1) is 0 Å². The molecular formula is C15H11ClF3NO. The van der Waals surface area contributed by atoms with Crippen LogP contribution in [0.4, 0.5) is 18.9 Å². The number of anilines is 1. The maximum atomic E-state index is 12.4. The standard InChI is InChI=1S/C15H11ClF3NO/c1-9-8-12(16)6-7-13(9)20-14(21)10-2-4-11(5-3-10)15(17,18)19/h2-8H,1H3,(H,20,21). The second kappa shape index (κ2) is 5.77. The van der Waals surface area contributed by atoms with Crippen LogP contribution in [0.3, 0.4) is 0 Å². The highest BCUT2D eigenvalue weighted by molar-refractivity contribution is 6.30. The molecule has 0 fully saturated rings. The summed E-state index contributed by atoms with van der Waals surface area (Å²) in [6.07, 6.45) is -4.41. The first-order chi connectivity index (χ1) is 9.77. The van der Waals surface area contributed by atoms with Crippen LogP contribution in [0.15, 0.2) is 42.5 Å². The Kier molecular flexibility index (Phi) is 4.23. The quantitative estimate of drug-likeness (QED) is 0.837. The molecule has 2 aromatic rings. The molecule has 21 heavy (non-hydrogen) atoms. The minimum absolute atomic E-state index is 0.150. The van der Waals surface area contributed by atoms with Crippen LogP contribution in [0, 0.1) is 6.92 Å². The van der Waals surface area contributed by atoms with Crippen molar-refractivity contribution in [3.63, 3.8) is 0 Å². The monoisotopic (exact) mass is 313 g/mol. The first-order valence-electron chi connectivity index (χ1n) is 6.02. The highest BCUT2D eigenvalue weighted by Gasteiger charge is 2.30. The molecule has 1 amide bonds. The Morgan fingerprint density at radius 2 is 1.71 bits per heavy atom. The maximum Gasteiger partial charge on any atom is 0.416 e. The summed E-state index contributed by atoms with van der Waals surface area (Å²) in [6.45, 7) is 1.77. The third kappa shape index (κ3) is 3.76. The van der Waals surface area contributed by atoms with E-state index in [4.69, 9.17) is 11.6 Å². The van der Waals surface area contributed by atoms with Crippen LogP contribution >= 0.6 is 11.6 Å². The molecule has 2 rings (SSSR count). The predicted octanol–water partition coefficient (Wildman–Crippen LogP) is 4.92. The van der Waals surface area contributed by atoms with Crippen LogP contribution in [0.5, 0.6) is 0 Å². The lowest BCUT2D eigenvalue weighted by Crippen LogP contribution is -2.13. The number of rotatable bonds is 2. The molecule has 110 valence electrons. The molecule has 0 aromatic heterocycles. The van der Waals surface area contributed by atoms with Crippen molar-refractivity contribution in [2.45, 2.75) is 13.1 Å². The molecule has 0 aliphatic heterocycles. The average Bonchev–Trinajstić information content (AvgIpc) is 2.41. The first kappa shape index (κ1) is 15.4. The fourth-order valence-corrected chi connectivity index (χ4v) is 2.00. The van der Waals surface area contributed by atoms with Gasteiger partial charge >= 0.3 is 6.18 Å². The van der Waals surface area contributed by atoms with Gasteiger partial charge in [-0.2, -0.15) is 13.2 Å². The molecule has 0 unspecified atom stereocenters. The Morgan fingerprint density at radius 3 is 2.24 bits per heavy atom. The molecule has 1 N–H and O–H groups in total. The topological polar surface area (TPSA) is 29.1 Å². The normalized spacial score (nSPS) is 11.3. The number of carbonyl (C=O) groups is 1. The van der Waals surface area contributed by atoms with Gasteiger partial charge in [-0.3, -0.25) is 4.79 Å². The number of alkyl halides is 3. The van der Waals surface area contributed by atoms with Gasteiger partial charge < -0.3 is 5.32 Å². The first-order valence-corrected chi connectivity index (χ1v) is 6.40. The SMILES string of the molecule is Cc1cc(Cl)ccc1NC(=O)c1ccc(C(F)(F)F)cc1. The fraction of sp³-hybridized carbons (Fsp3) is 0.133. The van der Waals surface area contributed by atoms with E-state index in [0.717, 1.165) is 29.8 Å². The molecule has 0 aliphatic rings. The second-order valence-corrected chi connectivity index (χ2v) is 4.92.